The Kier molecular flexibility index (Phi) is 5.06. The van der Waals surface area contributed by atoms with Crippen LogP contribution in [0.4, 0.5) is 0 Å². The zero-order valence-electron chi connectivity index (χ0n) is 10.9. The average molecular weight is 268 g/mol. The highest BCUT2D eigenvalue weighted by Crippen LogP contribution is 2.01. The summed E-state index contributed by atoms with van der Waals surface area (Å²) in [7, 11) is 0. The fourth-order valence-corrected chi connectivity index (χ4v) is 1.62. The third kappa shape index (κ3) is 4.35. The van der Waals surface area contributed by atoms with Crippen LogP contribution in [-0.4, -0.2) is 17.2 Å². The molecule has 0 aliphatic carbocycles. The van der Waals surface area contributed by atoms with Crippen LogP contribution in [0.1, 0.15) is 15.9 Å². The number of benzene rings is 2. The molecule has 102 valence electrons. The highest BCUT2D eigenvalue weighted by atomic mass is 16.3. The lowest BCUT2D eigenvalue weighted by atomic mass is 10.2. The van der Waals surface area contributed by atoms with Gasteiger partial charge in [-0.25, -0.2) is 5.43 Å². The van der Waals surface area contributed by atoms with Gasteiger partial charge in [-0.05, 0) is 23.8 Å². The predicted molar refractivity (Wildman–Crippen MR) is 78.5 cm³/mol. The number of hydrogen-bond donors (Lipinski definition) is 3. The van der Waals surface area contributed by atoms with Crippen LogP contribution in [0.5, 0.6) is 0 Å². The number of rotatable bonds is 5. The van der Waals surface area contributed by atoms with Crippen molar-refractivity contribution in [1.29, 1.82) is 0 Å². The van der Waals surface area contributed by atoms with Gasteiger partial charge in [0.15, 0.2) is 0 Å². The summed E-state index contributed by atoms with van der Waals surface area (Å²) in [6, 6.07) is 18.4. The van der Waals surface area contributed by atoms with E-state index in [0.29, 0.717) is 5.56 Å². The summed E-state index contributed by atoms with van der Waals surface area (Å²) >= 11 is 0. The van der Waals surface area contributed by atoms with E-state index in [9.17, 15) is 9.90 Å². The number of carbonyl (C=O) groups excluding carboxylic acids is 1. The van der Waals surface area contributed by atoms with Crippen molar-refractivity contribution in [2.45, 2.75) is 6.23 Å². The third-order valence-corrected chi connectivity index (χ3v) is 2.64. The maximum absolute atomic E-state index is 11.7. The molecule has 0 bridgehead atoms. The molecule has 0 aromatic heterocycles. The number of aliphatic hydroxyl groups is 1. The Bertz CT molecular complexity index is 568. The second-order valence-electron chi connectivity index (χ2n) is 4.18. The molecule has 2 aromatic carbocycles. The SMILES string of the molecule is O=C(NNC(O)C=Cc1ccccc1)c1ccccc1. The summed E-state index contributed by atoms with van der Waals surface area (Å²) < 4.78 is 0. The quantitative estimate of drug-likeness (QED) is 0.574. The second-order valence-corrected chi connectivity index (χ2v) is 4.18. The summed E-state index contributed by atoms with van der Waals surface area (Å²) in [6.45, 7) is 0. The number of carbonyl (C=O) groups is 1. The Morgan fingerprint density at radius 1 is 1.00 bits per heavy atom. The van der Waals surface area contributed by atoms with Crippen LogP contribution in [0.2, 0.25) is 0 Å². The van der Waals surface area contributed by atoms with Crippen LogP contribution in [-0.2, 0) is 0 Å². The molecule has 3 N–H and O–H groups in total. The highest BCUT2D eigenvalue weighted by Gasteiger charge is 2.05. The molecule has 0 radical (unpaired) electrons. The van der Waals surface area contributed by atoms with E-state index in [0.717, 1.165) is 5.56 Å². The Balaban J connectivity index is 1.82. The molecule has 0 aliphatic heterocycles. The lowest BCUT2D eigenvalue weighted by Crippen LogP contribution is -2.43. The van der Waals surface area contributed by atoms with Gasteiger partial charge in [0.25, 0.3) is 5.91 Å². The van der Waals surface area contributed by atoms with Gasteiger partial charge >= 0.3 is 0 Å². The zero-order valence-corrected chi connectivity index (χ0v) is 10.9. The van der Waals surface area contributed by atoms with Crippen LogP contribution in [0.25, 0.3) is 6.08 Å². The Labute approximate surface area is 117 Å². The Morgan fingerprint density at radius 3 is 2.25 bits per heavy atom. The van der Waals surface area contributed by atoms with Crippen LogP contribution < -0.4 is 10.9 Å². The fraction of sp³-hybridized carbons (Fsp3) is 0.0625. The molecule has 0 spiro atoms. The first-order chi connectivity index (χ1) is 9.75. The van der Waals surface area contributed by atoms with E-state index in [1.807, 2.05) is 36.4 Å². The molecule has 0 heterocycles. The molecule has 0 saturated carbocycles. The highest BCUT2D eigenvalue weighted by molar-refractivity contribution is 5.93. The summed E-state index contributed by atoms with van der Waals surface area (Å²) in [4.78, 5) is 11.7. The molecule has 0 saturated heterocycles. The van der Waals surface area contributed by atoms with Crippen molar-refractivity contribution in [3.63, 3.8) is 0 Å². The van der Waals surface area contributed by atoms with Gasteiger partial charge in [-0.2, -0.15) is 0 Å². The van der Waals surface area contributed by atoms with E-state index in [2.05, 4.69) is 10.9 Å². The monoisotopic (exact) mass is 268 g/mol. The van der Waals surface area contributed by atoms with E-state index >= 15 is 0 Å². The van der Waals surface area contributed by atoms with Crippen LogP contribution in [0, 0.1) is 0 Å². The lowest BCUT2D eigenvalue weighted by Gasteiger charge is -2.10. The number of amides is 1. The van der Waals surface area contributed by atoms with E-state index in [-0.39, 0.29) is 5.91 Å². The number of hydrazine groups is 1. The maximum Gasteiger partial charge on any atom is 0.265 e. The van der Waals surface area contributed by atoms with Crippen molar-refractivity contribution in [2.24, 2.45) is 0 Å². The Hall–Kier alpha value is -2.43. The van der Waals surface area contributed by atoms with E-state index in [1.165, 1.54) is 0 Å². The predicted octanol–water partition coefficient (Wildman–Crippen LogP) is 1.95. The summed E-state index contributed by atoms with van der Waals surface area (Å²) in [5, 5.41) is 9.69. The Morgan fingerprint density at radius 2 is 1.60 bits per heavy atom. The topological polar surface area (TPSA) is 61.4 Å². The third-order valence-electron chi connectivity index (χ3n) is 2.64. The average Bonchev–Trinajstić information content (AvgIpc) is 2.52. The largest absolute Gasteiger partial charge is 0.373 e. The summed E-state index contributed by atoms with van der Waals surface area (Å²) in [5.74, 6) is -0.294. The maximum atomic E-state index is 11.7. The van der Waals surface area contributed by atoms with Crippen molar-refractivity contribution in [2.75, 3.05) is 0 Å². The molecular formula is C16H16N2O2. The van der Waals surface area contributed by atoms with Gasteiger partial charge in [0.05, 0.1) is 0 Å². The fourth-order valence-electron chi connectivity index (χ4n) is 1.62. The van der Waals surface area contributed by atoms with Crippen molar-refractivity contribution < 1.29 is 9.90 Å². The van der Waals surface area contributed by atoms with Crippen LogP contribution in [0.3, 0.4) is 0 Å². The molecule has 1 unspecified atom stereocenters. The standard InChI is InChI=1S/C16H16N2O2/c19-15(12-11-13-7-3-1-4-8-13)17-18-16(20)14-9-5-2-6-10-14/h1-12,15,17,19H,(H,18,20). The van der Waals surface area contributed by atoms with E-state index < -0.39 is 6.23 Å². The molecule has 20 heavy (non-hydrogen) atoms. The van der Waals surface area contributed by atoms with Gasteiger partial charge in [0, 0.05) is 5.56 Å². The van der Waals surface area contributed by atoms with E-state index in [4.69, 9.17) is 0 Å². The first-order valence-electron chi connectivity index (χ1n) is 6.28. The lowest BCUT2D eigenvalue weighted by molar-refractivity contribution is 0.0870. The molecule has 0 aliphatic rings. The van der Waals surface area contributed by atoms with Crippen molar-refractivity contribution in [3.8, 4) is 0 Å². The molecule has 4 nitrogen and oxygen atoms in total. The van der Waals surface area contributed by atoms with Crippen molar-refractivity contribution in [1.82, 2.24) is 10.9 Å². The molecular weight excluding hydrogens is 252 g/mol. The molecule has 2 aromatic rings. The van der Waals surface area contributed by atoms with Gasteiger partial charge in [-0.3, -0.25) is 10.2 Å². The molecule has 2 rings (SSSR count). The minimum Gasteiger partial charge on any atom is -0.373 e. The van der Waals surface area contributed by atoms with Crippen LogP contribution >= 0.6 is 0 Å². The van der Waals surface area contributed by atoms with E-state index in [1.54, 1.807) is 36.4 Å². The van der Waals surface area contributed by atoms with Gasteiger partial charge in [0.1, 0.15) is 6.23 Å². The first-order valence-corrected chi connectivity index (χ1v) is 6.28. The summed E-state index contributed by atoms with van der Waals surface area (Å²) in [6.07, 6.45) is 2.37. The van der Waals surface area contributed by atoms with Crippen LogP contribution in [0.15, 0.2) is 66.7 Å². The molecule has 4 heteroatoms. The van der Waals surface area contributed by atoms with Crippen molar-refractivity contribution in [3.05, 3.63) is 77.9 Å². The first kappa shape index (κ1) is 14.0. The van der Waals surface area contributed by atoms with Gasteiger partial charge < -0.3 is 5.11 Å². The minimum absolute atomic E-state index is 0.294. The van der Waals surface area contributed by atoms with Gasteiger partial charge in [0.2, 0.25) is 0 Å². The minimum atomic E-state index is -0.956. The number of nitrogens with one attached hydrogen (secondary N) is 2. The molecule has 1 amide bonds. The smallest absolute Gasteiger partial charge is 0.265 e. The number of hydrogen-bond acceptors (Lipinski definition) is 3. The summed E-state index contributed by atoms with van der Waals surface area (Å²) in [5.41, 5.74) is 6.47. The number of aliphatic hydroxyl groups excluding tert-OH is 1. The van der Waals surface area contributed by atoms with Crippen molar-refractivity contribution >= 4 is 12.0 Å². The van der Waals surface area contributed by atoms with Gasteiger partial charge in [-0.1, -0.05) is 54.6 Å². The molecule has 0 fully saturated rings. The van der Waals surface area contributed by atoms with Gasteiger partial charge in [-0.15, -0.1) is 0 Å². The normalized spacial score (nSPS) is 12.2. The second kappa shape index (κ2) is 7.23. The molecule has 1 atom stereocenters. The zero-order chi connectivity index (χ0) is 14.2.